The van der Waals surface area contributed by atoms with E-state index in [1.54, 1.807) is 26.8 Å². The van der Waals surface area contributed by atoms with Crippen LogP contribution >= 0.6 is 23.2 Å². The van der Waals surface area contributed by atoms with E-state index in [0.29, 0.717) is 12.0 Å². The lowest BCUT2D eigenvalue weighted by Crippen LogP contribution is -2.70. The van der Waals surface area contributed by atoms with Crippen LogP contribution in [0.4, 0.5) is 4.39 Å². The van der Waals surface area contributed by atoms with E-state index in [1.165, 1.54) is 6.26 Å². The minimum absolute atomic E-state index is 0.0165. The van der Waals surface area contributed by atoms with Gasteiger partial charge in [0.05, 0.1) is 23.2 Å². The van der Waals surface area contributed by atoms with Crippen LogP contribution in [0.3, 0.4) is 0 Å². The van der Waals surface area contributed by atoms with Gasteiger partial charge in [0, 0.05) is 16.9 Å². The number of rotatable bonds is 1. The average molecular weight is 435 g/mol. The summed E-state index contributed by atoms with van der Waals surface area (Å²) in [6.07, 6.45) is 1.71. The molecule has 28 heavy (non-hydrogen) atoms. The van der Waals surface area contributed by atoms with Gasteiger partial charge in [-0.1, -0.05) is 13.8 Å². The Kier molecular flexibility index (Phi) is 4.29. The second-order valence-corrected chi connectivity index (χ2v) is 10.2. The molecule has 0 amide bonds. The molecule has 156 valence electrons. The topological polar surface area (TPSA) is 87.0 Å². The van der Waals surface area contributed by atoms with Crippen molar-refractivity contribution >= 4 is 29.2 Å². The van der Waals surface area contributed by atoms with Crippen LogP contribution in [0.25, 0.3) is 0 Å². The van der Waals surface area contributed by atoms with E-state index in [9.17, 15) is 20.1 Å². The van der Waals surface area contributed by atoms with Crippen molar-refractivity contribution in [2.75, 3.05) is 0 Å². The number of allylic oxidation sites excluding steroid dienone is 2. The highest BCUT2D eigenvalue weighted by molar-refractivity contribution is 6.30. The summed E-state index contributed by atoms with van der Waals surface area (Å²) < 4.78 is 22.2. The van der Waals surface area contributed by atoms with Crippen molar-refractivity contribution in [3.05, 3.63) is 23.1 Å². The molecule has 5 nitrogen and oxygen atoms in total. The summed E-state index contributed by atoms with van der Waals surface area (Å²) in [5.41, 5.74) is -6.21. The predicted molar refractivity (Wildman–Crippen MR) is 101 cm³/mol. The first kappa shape index (κ1) is 20.5. The molecule has 0 unspecified atom stereocenters. The second-order valence-electron chi connectivity index (χ2n) is 9.34. The van der Waals surface area contributed by atoms with E-state index < -0.39 is 57.3 Å². The zero-order valence-corrected chi connectivity index (χ0v) is 17.5. The third-order valence-electron chi connectivity index (χ3n) is 8.38. The Morgan fingerprint density at radius 2 is 1.96 bits per heavy atom. The molecule has 0 saturated heterocycles. The lowest BCUT2D eigenvalue weighted by molar-refractivity contribution is -0.225. The van der Waals surface area contributed by atoms with Crippen LogP contribution in [0.15, 0.2) is 23.1 Å². The quantitative estimate of drug-likeness (QED) is 0.549. The molecule has 0 radical (unpaired) electrons. The molecule has 9 atom stereocenters. The number of carbonyl (C=O) groups is 1. The van der Waals surface area contributed by atoms with Crippen molar-refractivity contribution < 1.29 is 29.2 Å². The predicted octanol–water partition coefficient (Wildman–Crippen LogP) is 3.57. The SMILES string of the molecule is C[C@@H]1C[C@H]2[C@@H]3C[C@H](Cl)C4=C(Cl)OC=C[C@]4(C)[C@@]3(F)[C@@H](O)C[C@]2(C)[C@@]1(O)C(=O)O. The van der Waals surface area contributed by atoms with Gasteiger partial charge in [-0.25, -0.2) is 9.18 Å². The van der Waals surface area contributed by atoms with E-state index in [0.717, 1.165) is 0 Å². The minimum Gasteiger partial charge on any atom is -0.479 e. The number of fused-ring (bicyclic) bond motifs is 5. The zero-order valence-electron chi connectivity index (χ0n) is 16.0. The van der Waals surface area contributed by atoms with E-state index >= 15 is 4.39 Å². The lowest BCUT2D eigenvalue weighted by atomic mass is 9.45. The summed E-state index contributed by atoms with van der Waals surface area (Å²) in [5, 5.41) is 31.5. The Bertz CT molecular complexity index is 801. The number of ether oxygens (including phenoxy) is 1. The van der Waals surface area contributed by atoms with Crippen LogP contribution in [0, 0.1) is 28.6 Å². The molecule has 0 aromatic heterocycles. The van der Waals surface area contributed by atoms with Crippen LogP contribution in [-0.2, 0) is 9.53 Å². The fraction of sp³-hybridized carbons (Fsp3) is 0.750. The molecule has 0 bridgehead atoms. The van der Waals surface area contributed by atoms with Crippen molar-refractivity contribution in [1.29, 1.82) is 0 Å². The largest absolute Gasteiger partial charge is 0.479 e. The van der Waals surface area contributed by atoms with Crippen molar-refractivity contribution in [2.45, 2.75) is 62.8 Å². The lowest BCUT2D eigenvalue weighted by Gasteiger charge is -2.62. The summed E-state index contributed by atoms with van der Waals surface area (Å²) >= 11 is 12.8. The molecule has 4 rings (SSSR count). The van der Waals surface area contributed by atoms with Gasteiger partial charge in [0.15, 0.2) is 16.5 Å². The third kappa shape index (κ3) is 2.03. The van der Waals surface area contributed by atoms with Crippen molar-refractivity contribution in [3.8, 4) is 0 Å². The van der Waals surface area contributed by atoms with E-state index in [-0.39, 0.29) is 18.1 Å². The maximum atomic E-state index is 16.9. The van der Waals surface area contributed by atoms with Crippen LogP contribution < -0.4 is 0 Å². The smallest absolute Gasteiger partial charge is 0.336 e. The Morgan fingerprint density at radius 1 is 1.32 bits per heavy atom. The first-order valence-corrected chi connectivity index (χ1v) is 10.4. The molecular formula is C20H25Cl2FO5. The summed E-state index contributed by atoms with van der Waals surface area (Å²) in [7, 11) is 0. The number of alkyl halides is 2. The van der Waals surface area contributed by atoms with Crippen LogP contribution in [0.1, 0.15) is 40.0 Å². The molecule has 4 aliphatic rings. The van der Waals surface area contributed by atoms with Crippen LogP contribution in [-0.4, -0.2) is 44.0 Å². The first-order chi connectivity index (χ1) is 12.9. The highest BCUT2D eigenvalue weighted by atomic mass is 35.5. The fourth-order valence-corrected chi connectivity index (χ4v) is 7.85. The van der Waals surface area contributed by atoms with Gasteiger partial charge in [-0.3, -0.25) is 0 Å². The van der Waals surface area contributed by atoms with Gasteiger partial charge < -0.3 is 20.1 Å². The van der Waals surface area contributed by atoms with E-state index in [1.807, 2.05) is 0 Å². The number of carboxylic acid groups (broad SMARTS) is 1. The number of aliphatic carboxylic acids is 1. The zero-order chi connectivity index (χ0) is 20.9. The van der Waals surface area contributed by atoms with E-state index in [4.69, 9.17) is 27.9 Å². The monoisotopic (exact) mass is 434 g/mol. The number of hydrogen-bond acceptors (Lipinski definition) is 4. The van der Waals surface area contributed by atoms with Crippen molar-refractivity contribution in [3.63, 3.8) is 0 Å². The number of halogens is 3. The maximum absolute atomic E-state index is 16.9. The first-order valence-electron chi connectivity index (χ1n) is 9.57. The molecule has 3 fully saturated rings. The van der Waals surface area contributed by atoms with Gasteiger partial charge in [-0.15, -0.1) is 11.6 Å². The normalized spacial score (nSPS) is 55.2. The van der Waals surface area contributed by atoms with Crippen molar-refractivity contribution in [2.24, 2.45) is 28.6 Å². The molecule has 1 heterocycles. The molecule has 0 aromatic rings. The summed E-state index contributed by atoms with van der Waals surface area (Å²) in [6.45, 7) is 4.98. The number of aliphatic hydroxyl groups is 2. The van der Waals surface area contributed by atoms with Gasteiger partial charge in [0.25, 0.3) is 0 Å². The Labute approximate surface area is 173 Å². The third-order valence-corrected chi connectivity index (χ3v) is 9.07. The number of hydrogen-bond donors (Lipinski definition) is 3. The highest BCUT2D eigenvalue weighted by Gasteiger charge is 2.77. The molecule has 3 saturated carbocycles. The molecule has 8 heteroatoms. The van der Waals surface area contributed by atoms with Crippen LogP contribution in [0.5, 0.6) is 0 Å². The number of carboxylic acids is 1. The van der Waals surface area contributed by atoms with Gasteiger partial charge in [0.1, 0.15) is 0 Å². The molecule has 0 spiro atoms. The van der Waals surface area contributed by atoms with Crippen molar-refractivity contribution in [1.82, 2.24) is 0 Å². The Morgan fingerprint density at radius 3 is 2.57 bits per heavy atom. The Hall–Kier alpha value is -0.820. The van der Waals surface area contributed by atoms with Gasteiger partial charge in [0.2, 0.25) is 0 Å². The standard InChI is InChI=1S/C20H25Cl2FO5/c1-9-6-10-11-7-12(21)14-15(22)28-5-4-17(14,2)19(11,23)13(24)8-18(10,3)20(9,27)16(25)26/h4-5,9-13,24,27H,6-8H2,1-3H3,(H,25,26)/t9-,10+,11+,12+,13+,17+,18+,19+,20+/m1/s1. The second kappa shape index (κ2) is 5.87. The maximum Gasteiger partial charge on any atom is 0.336 e. The highest BCUT2D eigenvalue weighted by Crippen LogP contribution is 2.71. The number of aliphatic hydroxyl groups excluding tert-OH is 1. The fourth-order valence-electron chi connectivity index (χ4n) is 6.90. The van der Waals surface area contributed by atoms with Gasteiger partial charge in [-0.05, 0) is 55.7 Å². The molecule has 1 aliphatic heterocycles. The van der Waals surface area contributed by atoms with Crippen LogP contribution in [0.2, 0.25) is 0 Å². The van der Waals surface area contributed by atoms with E-state index in [2.05, 4.69) is 0 Å². The molecule has 3 N–H and O–H groups in total. The van der Waals surface area contributed by atoms with Gasteiger partial charge >= 0.3 is 5.97 Å². The molecular weight excluding hydrogens is 410 g/mol. The Balaban J connectivity index is 1.90. The average Bonchev–Trinajstić information content (AvgIpc) is 2.79. The van der Waals surface area contributed by atoms with Gasteiger partial charge in [-0.2, -0.15) is 0 Å². The minimum atomic E-state index is -2.11. The molecule has 0 aromatic carbocycles. The summed E-state index contributed by atoms with van der Waals surface area (Å²) in [5.74, 6) is -3.10. The summed E-state index contributed by atoms with van der Waals surface area (Å²) in [6, 6.07) is 0. The molecule has 3 aliphatic carbocycles. The summed E-state index contributed by atoms with van der Waals surface area (Å²) in [4.78, 5) is 12.0.